The molecule has 18 heavy (non-hydrogen) atoms. The summed E-state index contributed by atoms with van der Waals surface area (Å²) < 4.78 is 5.40. The van der Waals surface area contributed by atoms with Gasteiger partial charge in [-0.3, -0.25) is 4.79 Å². The highest BCUT2D eigenvalue weighted by molar-refractivity contribution is 5.84. The summed E-state index contributed by atoms with van der Waals surface area (Å²) in [4.78, 5) is 22.1. The fourth-order valence-corrected chi connectivity index (χ4v) is 1.58. The second-order valence-corrected chi connectivity index (χ2v) is 4.14. The summed E-state index contributed by atoms with van der Waals surface area (Å²) in [6, 6.07) is 6.81. The van der Waals surface area contributed by atoms with E-state index in [-0.39, 0.29) is 6.42 Å². The van der Waals surface area contributed by atoms with Gasteiger partial charge in [-0.2, -0.15) is 0 Å². The van der Waals surface area contributed by atoms with Gasteiger partial charge in [-0.15, -0.1) is 0 Å². The van der Waals surface area contributed by atoms with E-state index < -0.39 is 24.0 Å². The Morgan fingerprint density at radius 1 is 1.22 bits per heavy atom. The third-order valence-electron chi connectivity index (χ3n) is 2.73. The second kappa shape index (κ2) is 5.53. The Bertz CT molecular complexity index is 437. The van der Waals surface area contributed by atoms with Gasteiger partial charge >= 0.3 is 11.9 Å². The van der Waals surface area contributed by atoms with Crippen molar-refractivity contribution in [3.05, 3.63) is 29.8 Å². The molecule has 0 saturated carbocycles. The van der Waals surface area contributed by atoms with Crippen LogP contribution in [-0.4, -0.2) is 27.8 Å². The van der Waals surface area contributed by atoms with Crippen molar-refractivity contribution < 1.29 is 24.5 Å². The quantitative estimate of drug-likeness (QED) is 0.809. The smallest absolute Gasteiger partial charge is 0.348 e. The number of rotatable bonds is 6. The number of aryl methyl sites for hydroxylation is 1. The highest BCUT2D eigenvalue weighted by atomic mass is 16.5. The van der Waals surface area contributed by atoms with Gasteiger partial charge in [0.2, 0.25) is 5.60 Å². The van der Waals surface area contributed by atoms with Crippen molar-refractivity contribution in [2.75, 3.05) is 0 Å². The molecule has 98 valence electrons. The van der Waals surface area contributed by atoms with Crippen molar-refractivity contribution in [1.82, 2.24) is 0 Å². The highest BCUT2D eigenvalue weighted by Crippen LogP contribution is 2.25. The van der Waals surface area contributed by atoms with E-state index in [0.717, 1.165) is 5.56 Å². The van der Waals surface area contributed by atoms with Gasteiger partial charge in [0.25, 0.3) is 0 Å². The van der Waals surface area contributed by atoms with Gasteiger partial charge in [-0.25, -0.2) is 4.79 Å². The van der Waals surface area contributed by atoms with E-state index in [0.29, 0.717) is 5.75 Å². The number of hydrogen-bond donors (Lipinski definition) is 2. The van der Waals surface area contributed by atoms with Crippen molar-refractivity contribution in [3.8, 4) is 5.75 Å². The lowest BCUT2D eigenvalue weighted by Crippen LogP contribution is -2.46. The van der Waals surface area contributed by atoms with Crippen LogP contribution in [0.4, 0.5) is 0 Å². The van der Waals surface area contributed by atoms with Crippen LogP contribution in [0.2, 0.25) is 0 Å². The van der Waals surface area contributed by atoms with Crippen molar-refractivity contribution in [3.63, 3.8) is 0 Å². The van der Waals surface area contributed by atoms with Crippen molar-refractivity contribution in [2.45, 2.75) is 32.3 Å². The summed E-state index contributed by atoms with van der Waals surface area (Å²) in [5, 5.41) is 18.0. The van der Waals surface area contributed by atoms with Crippen LogP contribution in [0, 0.1) is 6.92 Å². The normalized spacial score (nSPS) is 13.7. The predicted molar refractivity (Wildman–Crippen MR) is 64.7 cm³/mol. The fourth-order valence-electron chi connectivity index (χ4n) is 1.58. The summed E-state index contributed by atoms with van der Waals surface area (Å²) in [5.74, 6) is -2.12. The van der Waals surface area contributed by atoms with Gasteiger partial charge in [0.15, 0.2) is 0 Å². The molecule has 0 aromatic heterocycles. The van der Waals surface area contributed by atoms with Gasteiger partial charge < -0.3 is 14.9 Å². The predicted octanol–water partition coefficient (Wildman–Crippen LogP) is 2.08. The van der Waals surface area contributed by atoms with E-state index in [9.17, 15) is 14.7 Å². The van der Waals surface area contributed by atoms with Crippen molar-refractivity contribution in [1.29, 1.82) is 0 Å². The molecule has 5 heteroatoms. The average Bonchev–Trinajstić information content (AvgIpc) is 2.30. The highest BCUT2D eigenvalue weighted by Gasteiger charge is 2.41. The van der Waals surface area contributed by atoms with Crippen LogP contribution in [0.5, 0.6) is 5.75 Å². The number of carboxylic acid groups (broad SMARTS) is 2. The number of aliphatic carboxylic acids is 2. The molecule has 0 aliphatic carbocycles. The SMILES string of the molecule is CC[C@](CC(=O)O)(Oc1ccc(C)cc1)C(=O)O. The Morgan fingerprint density at radius 2 is 1.78 bits per heavy atom. The molecule has 1 atom stereocenters. The molecule has 0 heterocycles. The maximum Gasteiger partial charge on any atom is 0.348 e. The molecule has 1 aromatic rings. The second-order valence-electron chi connectivity index (χ2n) is 4.14. The maximum atomic E-state index is 11.3. The molecule has 2 N–H and O–H groups in total. The molecule has 0 amide bonds. The van der Waals surface area contributed by atoms with Crippen molar-refractivity contribution >= 4 is 11.9 Å². The minimum absolute atomic E-state index is 0.0719. The summed E-state index contributed by atoms with van der Waals surface area (Å²) >= 11 is 0. The lowest BCUT2D eigenvalue weighted by atomic mass is 9.96. The molecule has 0 saturated heterocycles. The van der Waals surface area contributed by atoms with E-state index in [4.69, 9.17) is 9.84 Å². The number of ether oxygens (including phenoxy) is 1. The van der Waals surface area contributed by atoms with Crippen LogP contribution in [-0.2, 0) is 9.59 Å². The van der Waals surface area contributed by atoms with E-state index in [1.807, 2.05) is 6.92 Å². The first-order valence-electron chi connectivity index (χ1n) is 5.60. The molecule has 1 aromatic carbocycles. The van der Waals surface area contributed by atoms with Crippen LogP contribution in [0.3, 0.4) is 0 Å². The average molecular weight is 252 g/mol. The van der Waals surface area contributed by atoms with Crippen LogP contribution >= 0.6 is 0 Å². The maximum absolute atomic E-state index is 11.3. The first-order chi connectivity index (χ1) is 8.39. The summed E-state index contributed by atoms with van der Waals surface area (Å²) in [6.07, 6.45) is -0.505. The minimum Gasteiger partial charge on any atom is -0.481 e. The van der Waals surface area contributed by atoms with Crippen LogP contribution in [0.15, 0.2) is 24.3 Å². The number of hydrogen-bond acceptors (Lipinski definition) is 3. The molecule has 0 spiro atoms. The summed E-state index contributed by atoms with van der Waals surface area (Å²) in [6.45, 7) is 3.48. The zero-order valence-electron chi connectivity index (χ0n) is 10.3. The number of benzene rings is 1. The first-order valence-corrected chi connectivity index (χ1v) is 5.60. The van der Waals surface area contributed by atoms with Crippen LogP contribution in [0.25, 0.3) is 0 Å². The van der Waals surface area contributed by atoms with Gasteiger partial charge in [0, 0.05) is 0 Å². The minimum atomic E-state index is -1.72. The molecule has 1 rings (SSSR count). The standard InChI is InChI=1S/C13H16O5/c1-3-13(12(16)17,8-11(14)15)18-10-6-4-9(2)5-7-10/h4-7H,3,8H2,1-2H3,(H,14,15)(H,16,17)/t13-/m1/s1. The van der Waals surface area contributed by atoms with Gasteiger partial charge in [-0.05, 0) is 25.5 Å². The zero-order chi connectivity index (χ0) is 13.8. The van der Waals surface area contributed by atoms with E-state index in [1.54, 1.807) is 31.2 Å². The number of carbonyl (C=O) groups is 2. The van der Waals surface area contributed by atoms with Gasteiger partial charge in [-0.1, -0.05) is 24.6 Å². The summed E-state index contributed by atoms with van der Waals surface area (Å²) in [5.41, 5.74) is -0.709. The lowest BCUT2D eigenvalue weighted by Gasteiger charge is -2.27. The first kappa shape index (κ1) is 14.0. The van der Waals surface area contributed by atoms with Crippen LogP contribution in [0.1, 0.15) is 25.3 Å². The third kappa shape index (κ3) is 3.23. The topological polar surface area (TPSA) is 83.8 Å². The van der Waals surface area contributed by atoms with E-state index in [2.05, 4.69) is 0 Å². The lowest BCUT2D eigenvalue weighted by molar-refractivity contribution is -0.162. The Kier molecular flexibility index (Phi) is 4.31. The Morgan fingerprint density at radius 3 is 2.17 bits per heavy atom. The third-order valence-corrected chi connectivity index (χ3v) is 2.73. The zero-order valence-corrected chi connectivity index (χ0v) is 10.3. The van der Waals surface area contributed by atoms with E-state index in [1.165, 1.54) is 0 Å². The van der Waals surface area contributed by atoms with Crippen molar-refractivity contribution in [2.24, 2.45) is 0 Å². The molecule has 0 aliphatic rings. The molecule has 0 radical (unpaired) electrons. The largest absolute Gasteiger partial charge is 0.481 e. The molecular formula is C13H16O5. The molecule has 0 unspecified atom stereocenters. The van der Waals surface area contributed by atoms with Crippen LogP contribution < -0.4 is 4.74 Å². The Hall–Kier alpha value is -2.04. The number of carboxylic acids is 2. The summed E-state index contributed by atoms with van der Waals surface area (Å²) in [7, 11) is 0. The fraction of sp³-hybridized carbons (Fsp3) is 0.385. The Balaban J connectivity index is 3.00. The molecule has 0 bridgehead atoms. The Labute approximate surface area is 105 Å². The van der Waals surface area contributed by atoms with Gasteiger partial charge in [0.05, 0.1) is 6.42 Å². The monoisotopic (exact) mass is 252 g/mol. The van der Waals surface area contributed by atoms with E-state index >= 15 is 0 Å². The molecular weight excluding hydrogens is 236 g/mol. The molecule has 5 nitrogen and oxygen atoms in total. The molecule has 0 fully saturated rings. The molecule has 0 aliphatic heterocycles. The van der Waals surface area contributed by atoms with Gasteiger partial charge in [0.1, 0.15) is 5.75 Å².